The number of nitrogens with one attached hydrogen (secondary N) is 1. The summed E-state index contributed by atoms with van der Waals surface area (Å²) in [5.41, 5.74) is 0.227. The van der Waals surface area contributed by atoms with E-state index in [0.717, 1.165) is 18.6 Å². The molecule has 0 aliphatic carbocycles. The van der Waals surface area contributed by atoms with Crippen LogP contribution in [-0.4, -0.2) is 6.54 Å². The van der Waals surface area contributed by atoms with E-state index in [-0.39, 0.29) is 10.6 Å². The molecule has 0 amide bonds. The Morgan fingerprint density at radius 3 is 2.69 bits per heavy atom. The topological polar surface area (TPSA) is 12.0 Å². The molecule has 16 heavy (non-hydrogen) atoms. The summed E-state index contributed by atoms with van der Waals surface area (Å²) in [6.45, 7) is 6.30. The number of rotatable bonds is 5. The molecule has 1 rings (SSSR count). The molecule has 1 N–H and O–H groups in total. The summed E-state index contributed by atoms with van der Waals surface area (Å²) in [4.78, 5) is 0. The van der Waals surface area contributed by atoms with Gasteiger partial charge in [0.2, 0.25) is 0 Å². The van der Waals surface area contributed by atoms with Crippen molar-refractivity contribution < 1.29 is 8.78 Å². The van der Waals surface area contributed by atoms with Crippen molar-refractivity contribution in [3.8, 4) is 0 Å². The van der Waals surface area contributed by atoms with E-state index in [0.29, 0.717) is 6.54 Å². The Labute approximate surface area is 99.1 Å². The van der Waals surface area contributed by atoms with Gasteiger partial charge < -0.3 is 5.32 Å². The van der Waals surface area contributed by atoms with Crippen LogP contribution in [0.25, 0.3) is 0 Å². The van der Waals surface area contributed by atoms with Crippen LogP contribution in [0.15, 0.2) is 24.8 Å². The average Bonchev–Trinajstić information content (AvgIpc) is 2.26. The Balaban J connectivity index is 3.00. The molecule has 0 aliphatic heterocycles. The highest BCUT2D eigenvalue weighted by molar-refractivity contribution is 6.30. The van der Waals surface area contributed by atoms with E-state index in [4.69, 9.17) is 11.6 Å². The molecule has 0 spiro atoms. The molecule has 0 fully saturated rings. The first-order chi connectivity index (χ1) is 7.60. The Kier molecular flexibility index (Phi) is 4.90. The standard InChI is InChI=1S/C12H14ClF2N/c1-3-5-16-12(4-2)8-6-11(15)9(13)7-10(8)14/h4,6-7,12,16H,2-3,5H2,1H3. The molecule has 0 bridgehead atoms. The van der Waals surface area contributed by atoms with E-state index in [1.807, 2.05) is 6.92 Å². The SMILES string of the molecule is C=CC(NCCC)c1cc(F)c(Cl)cc1F. The third kappa shape index (κ3) is 3.03. The first-order valence-corrected chi connectivity index (χ1v) is 5.48. The second kappa shape index (κ2) is 5.97. The minimum Gasteiger partial charge on any atom is -0.307 e. The molecular weight excluding hydrogens is 232 g/mol. The maximum absolute atomic E-state index is 13.6. The zero-order valence-electron chi connectivity index (χ0n) is 9.06. The minimum atomic E-state index is -0.622. The fourth-order valence-electron chi connectivity index (χ4n) is 1.40. The van der Waals surface area contributed by atoms with Gasteiger partial charge in [0.1, 0.15) is 11.6 Å². The van der Waals surface area contributed by atoms with E-state index in [1.54, 1.807) is 6.08 Å². The van der Waals surface area contributed by atoms with Crippen LogP contribution in [0.1, 0.15) is 24.9 Å². The van der Waals surface area contributed by atoms with Crippen molar-refractivity contribution in [3.05, 3.63) is 47.0 Å². The number of halogens is 3. The van der Waals surface area contributed by atoms with Crippen molar-refractivity contribution >= 4 is 11.6 Å². The molecule has 1 atom stereocenters. The summed E-state index contributed by atoms with van der Waals surface area (Å²) in [7, 11) is 0. The lowest BCUT2D eigenvalue weighted by atomic mass is 10.1. The second-order valence-electron chi connectivity index (χ2n) is 3.46. The van der Waals surface area contributed by atoms with Crippen LogP contribution in [0, 0.1) is 11.6 Å². The number of hydrogen-bond donors (Lipinski definition) is 1. The quantitative estimate of drug-likeness (QED) is 0.614. The molecule has 0 radical (unpaired) electrons. The van der Waals surface area contributed by atoms with Gasteiger partial charge in [-0.05, 0) is 25.1 Å². The Morgan fingerprint density at radius 2 is 2.12 bits per heavy atom. The Morgan fingerprint density at radius 1 is 1.44 bits per heavy atom. The molecule has 4 heteroatoms. The smallest absolute Gasteiger partial charge is 0.142 e. The van der Waals surface area contributed by atoms with Gasteiger partial charge in [0.05, 0.1) is 11.1 Å². The van der Waals surface area contributed by atoms with Gasteiger partial charge in [-0.2, -0.15) is 0 Å². The first kappa shape index (κ1) is 13.1. The van der Waals surface area contributed by atoms with Crippen LogP contribution in [0.3, 0.4) is 0 Å². The summed E-state index contributed by atoms with van der Waals surface area (Å²) < 4.78 is 26.8. The van der Waals surface area contributed by atoms with Gasteiger partial charge in [0.25, 0.3) is 0 Å². The van der Waals surface area contributed by atoms with Crippen molar-refractivity contribution in [3.63, 3.8) is 0 Å². The molecule has 1 nitrogen and oxygen atoms in total. The molecule has 0 aromatic heterocycles. The fraction of sp³-hybridized carbons (Fsp3) is 0.333. The van der Waals surface area contributed by atoms with Crippen LogP contribution >= 0.6 is 11.6 Å². The molecule has 0 heterocycles. The summed E-state index contributed by atoms with van der Waals surface area (Å²) in [6.07, 6.45) is 2.45. The van der Waals surface area contributed by atoms with Gasteiger partial charge in [0, 0.05) is 5.56 Å². The van der Waals surface area contributed by atoms with E-state index in [1.165, 1.54) is 0 Å². The van der Waals surface area contributed by atoms with E-state index in [2.05, 4.69) is 11.9 Å². The highest BCUT2D eigenvalue weighted by atomic mass is 35.5. The van der Waals surface area contributed by atoms with E-state index >= 15 is 0 Å². The zero-order valence-corrected chi connectivity index (χ0v) is 9.82. The molecule has 0 aliphatic rings. The lowest BCUT2D eigenvalue weighted by Crippen LogP contribution is -2.21. The first-order valence-electron chi connectivity index (χ1n) is 5.10. The van der Waals surface area contributed by atoms with Crippen LogP contribution < -0.4 is 5.32 Å². The summed E-state index contributed by atoms with van der Waals surface area (Å²) in [5, 5.41) is 2.85. The predicted molar refractivity (Wildman–Crippen MR) is 62.6 cm³/mol. The zero-order chi connectivity index (χ0) is 12.1. The average molecular weight is 246 g/mol. The van der Waals surface area contributed by atoms with Crippen molar-refractivity contribution in [1.29, 1.82) is 0 Å². The molecule has 1 aromatic rings. The Bertz CT molecular complexity index is 380. The lowest BCUT2D eigenvalue weighted by Gasteiger charge is -2.15. The third-order valence-corrected chi connectivity index (χ3v) is 2.51. The monoisotopic (exact) mass is 245 g/mol. The van der Waals surface area contributed by atoms with Gasteiger partial charge in [0.15, 0.2) is 0 Å². The van der Waals surface area contributed by atoms with Gasteiger partial charge in [-0.25, -0.2) is 8.78 Å². The van der Waals surface area contributed by atoms with E-state index in [9.17, 15) is 8.78 Å². The second-order valence-corrected chi connectivity index (χ2v) is 3.86. The fourth-order valence-corrected chi connectivity index (χ4v) is 1.55. The van der Waals surface area contributed by atoms with Crippen molar-refractivity contribution in [1.82, 2.24) is 5.32 Å². The number of benzene rings is 1. The Hall–Kier alpha value is -0.930. The van der Waals surface area contributed by atoms with Crippen LogP contribution in [0.2, 0.25) is 5.02 Å². The van der Waals surface area contributed by atoms with Crippen LogP contribution in [-0.2, 0) is 0 Å². The molecule has 88 valence electrons. The third-order valence-electron chi connectivity index (χ3n) is 2.22. The van der Waals surface area contributed by atoms with Gasteiger partial charge in [-0.3, -0.25) is 0 Å². The largest absolute Gasteiger partial charge is 0.307 e. The predicted octanol–water partition coefficient (Wildman–Crippen LogP) is 3.84. The summed E-state index contributed by atoms with van der Waals surface area (Å²) >= 11 is 5.48. The highest BCUT2D eigenvalue weighted by Crippen LogP contribution is 2.24. The summed E-state index contributed by atoms with van der Waals surface area (Å²) in [5.74, 6) is -1.15. The van der Waals surface area contributed by atoms with Gasteiger partial charge in [-0.1, -0.05) is 24.6 Å². The van der Waals surface area contributed by atoms with Crippen molar-refractivity contribution in [2.45, 2.75) is 19.4 Å². The molecule has 0 saturated heterocycles. The highest BCUT2D eigenvalue weighted by Gasteiger charge is 2.14. The molecule has 1 unspecified atom stereocenters. The van der Waals surface area contributed by atoms with Gasteiger partial charge >= 0.3 is 0 Å². The molecular formula is C12H14ClF2N. The minimum absolute atomic E-state index is 0.209. The van der Waals surface area contributed by atoms with Crippen LogP contribution in [0.5, 0.6) is 0 Å². The maximum Gasteiger partial charge on any atom is 0.142 e. The number of hydrogen-bond acceptors (Lipinski definition) is 1. The van der Waals surface area contributed by atoms with E-state index < -0.39 is 17.7 Å². The lowest BCUT2D eigenvalue weighted by molar-refractivity contribution is 0.543. The van der Waals surface area contributed by atoms with Crippen LogP contribution in [0.4, 0.5) is 8.78 Å². The molecule has 1 aromatic carbocycles. The van der Waals surface area contributed by atoms with Crippen molar-refractivity contribution in [2.75, 3.05) is 6.54 Å². The normalized spacial score (nSPS) is 12.5. The van der Waals surface area contributed by atoms with Gasteiger partial charge in [-0.15, -0.1) is 6.58 Å². The summed E-state index contributed by atoms with van der Waals surface area (Å²) in [6, 6.07) is 1.69. The molecule has 0 saturated carbocycles. The maximum atomic E-state index is 13.6. The van der Waals surface area contributed by atoms with Crippen molar-refractivity contribution in [2.24, 2.45) is 0 Å².